The number of rotatable bonds is 5. The van der Waals surface area contributed by atoms with Gasteiger partial charge in [0.2, 0.25) is 5.91 Å². The summed E-state index contributed by atoms with van der Waals surface area (Å²) in [4.78, 5) is 39.2. The Labute approximate surface area is 202 Å². The van der Waals surface area contributed by atoms with Crippen molar-refractivity contribution in [3.8, 4) is 16.8 Å². The molecule has 8 nitrogen and oxygen atoms in total. The molecule has 1 N–H and O–H groups in total. The number of carbonyl (C=O) groups excluding carboxylic acids is 2. The molecular weight excluding hydrogens is 442 g/mol. The van der Waals surface area contributed by atoms with E-state index >= 15 is 0 Å². The molecule has 1 aromatic heterocycles. The van der Waals surface area contributed by atoms with Crippen molar-refractivity contribution in [3.05, 3.63) is 101 Å². The zero-order valence-corrected chi connectivity index (χ0v) is 19.5. The maximum absolute atomic E-state index is 13.3. The van der Waals surface area contributed by atoms with Gasteiger partial charge in [-0.05, 0) is 53.4 Å². The molecule has 1 saturated heterocycles. The van der Waals surface area contributed by atoms with E-state index in [9.17, 15) is 14.4 Å². The van der Waals surface area contributed by atoms with Crippen LogP contribution in [0.2, 0.25) is 0 Å². The van der Waals surface area contributed by atoms with E-state index in [2.05, 4.69) is 16.5 Å². The molecule has 1 unspecified atom stereocenters. The van der Waals surface area contributed by atoms with Gasteiger partial charge in [-0.3, -0.25) is 9.59 Å². The number of nitrogens with zero attached hydrogens (tertiary/aromatic N) is 4. The van der Waals surface area contributed by atoms with Crippen molar-refractivity contribution in [2.75, 3.05) is 18.5 Å². The van der Waals surface area contributed by atoms with Gasteiger partial charge in [-0.15, -0.1) is 0 Å². The first kappa shape index (κ1) is 22.3. The molecule has 0 bridgehead atoms. The summed E-state index contributed by atoms with van der Waals surface area (Å²) in [5, 5.41) is 6.61. The van der Waals surface area contributed by atoms with Gasteiger partial charge >= 0.3 is 5.69 Å². The van der Waals surface area contributed by atoms with Gasteiger partial charge in [-0.2, -0.15) is 5.10 Å². The van der Waals surface area contributed by atoms with Crippen LogP contribution in [0.15, 0.2) is 83.9 Å². The number of aryl methyl sites for hydroxylation is 1. The van der Waals surface area contributed by atoms with Crippen LogP contribution in [0.3, 0.4) is 0 Å². The number of nitrogens with one attached hydrogen (secondary N) is 1. The lowest BCUT2D eigenvalue weighted by Crippen LogP contribution is -2.27. The van der Waals surface area contributed by atoms with Crippen molar-refractivity contribution in [3.63, 3.8) is 0 Å². The van der Waals surface area contributed by atoms with Crippen molar-refractivity contribution in [1.82, 2.24) is 19.7 Å². The lowest BCUT2D eigenvalue weighted by Gasteiger charge is -2.18. The first-order chi connectivity index (χ1) is 17.0. The number of carbonyl (C=O) groups is 2. The van der Waals surface area contributed by atoms with Crippen LogP contribution in [0.4, 0.5) is 5.69 Å². The molecule has 3 aromatic carbocycles. The largest absolute Gasteiger partial charge is 0.355 e. The number of benzene rings is 3. The Morgan fingerprint density at radius 2 is 1.71 bits per heavy atom. The highest BCUT2D eigenvalue weighted by Crippen LogP contribution is 2.34. The molecule has 8 heteroatoms. The van der Waals surface area contributed by atoms with Gasteiger partial charge in [-0.1, -0.05) is 42.5 Å². The molecule has 0 saturated carbocycles. The monoisotopic (exact) mass is 467 g/mol. The number of anilines is 1. The van der Waals surface area contributed by atoms with Crippen LogP contribution in [0.25, 0.3) is 16.8 Å². The Kier molecular flexibility index (Phi) is 5.78. The molecule has 5 rings (SSSR count). The summed E-state index contributed by atoms with van der Waals surface area (Å²) in [6.07, 6.45) is 2.20. The average Bonchev–Trinajstić information content (AvgIpc) is 3.45. The van der Waals surface area contributed by atoms with Crippen molar-refractivity contribution >= 4 is 17.5 Å². The highest BCUT2D eigenvalue weighted by molar-refractivity contribution is 6.02. The number of aromatic nitrogens is 3. The van der Waals surface area contributed by atoms with E-state index in [1.54, 1.807) is 37.2 Å². The molecule has 0 spiro atoms. The fourth-order valence-electron chi connectivity index (χ4n) is 4.52. The summed E-state index contributed by atoms with van der Waals surface area (Å²) in [5.41, 5.74) is 4.75. The molecule has 1 fully saturated rings. The van der Waals surface area contributed by atoms with Gasteiger partial charge in [0.25, 0.3) is 5.91 Å². The van der Waals surface area contributed by atoms with Crippen molar-refractivity contribution in [1.29, 1.82) is 0 Å². The summed E-state index contributed by atoms with van der Waals surface area (Å²) in [6, 6.07) is 22.8. The lowest BCUT2D eigenvalue weighted by atomic mass is 9.94. The maximum atomic E-state index is 13.3. The number of hydrogen-bond acceptors (Lipinski definition) is 4. The van der Waals surface area contributed by atoms with Gasteiger partial charge in [0.15, 0.2) is 0 Å². The van der Waals surface area contributed by atoms with Crippen LogP contribution in [0, 0.1) is 0 Å². The second-order valence-corrected chi connectivity index (χ2v) is 8.54. The number of hydrogen-bond donors (Lipinski definition) is 1. The van der Waals surface area contributed by atoms with Crippen molar-refractivity contribution < 1.29 is 9.59 Å². The van der Waals surface area contributed by atoms with Crippen LogP contribution in [0.1, 0.15) is 28.3 Å². The van der Waals surface area contributed by atoms with E-state index in [1.807, 2.05) is 48.5 Å². The Hall–Kier alpha value is -4.46. The van der Waals surface area contributed by atoms with Crippen LogP contribution < -0.4 is 15.9 Å². The Morgan fingerprint density at radius 1 is 0.943 bits per heavy atom. The summed E-state index contributed by atoms with van der Waals surface area (Å²) in [6.45, 7) is 0.597. The third-order valence-corrected chi connectivity index (χ3v) is 6.44. The van der Waals surface area contributed by atoms with Crippen molar-refractivity contribution in [2.45, 2.75) is 12.3 Å². The lowest BCUT2D eigenvalue weighted by molar-refractivity contribution is -0.118. The molecule has 2 amide bonds. The van der Waals surface area contributed by atoms with E-state index < -0.39 is 0 Å². The van der Waals surface area contributed by atoms with Crippen LogP contribution in [-0.2, 0) is 11.8 Å². The van der Waals surface area contributed by atoms with E-state index in [-0.39, 0.29) is 23.4 Å². The van der Waals surface area contributed by atoms with Gasteiger partial charge in [0.1, 0.15) is 6.33 Å². The first-order valence-electron chi connectivity index (χ1n) is 11.4. The molecule has 4 aromatic rings. The van der Waals surface area contributed by atoms with Gasteiger partial charge in [0, 0.05) is 31.9 Å². The molecule has 2 heterocycles. The highest BCUT2D eigenvalue weighted by atomic mass is 16.2. The summed E-state index contributed by atoms with van der Waals surface area (Å²) >= 11 is 0. The highest BCUT2D eigenvalue weighted by Gasteiger charge is 2.34. The minimum atomic E-state index is -0.244. The van der Waals surface area contributed by atoms with Crippen molar-refractivity contribution in [2.24, 2.45) is 7.05 Å². The molecule has 0 aliphatic carbocycles. The zero-order valence-electron chi connectivity index (χ0n) is 19.5. The molecule has 1 aliphatic heterocycles. The SMILES string of the molecule is CNC(=O)c1cccc(N2CCC(c3cccc(-c4ccc(-n5cnn(C)c5=O)cc4)c3)C2=O)c1. The third-order valence-electron chi connectivity index (χ3n) is 6.44. The second kappa shape index (κ2) is 9.06. The predicted octanol–water partition coefficient (Wildman–Crippen LogP) is 3.12. The second-order valence-electron chi connectivity index (χ2n) is 8.54. The summed E-state index contributed by atoms with van der Waals surface area (Å²) in [5.74, 6) is -0.392. The fraction of sp³-hybridized carbons (Fsp3) is 0.185. The van der Waals surface area contributed by atoms with Gasteiger partial charge < -0.3 is 10.2 Å². The minimum Gasteiger partial charge on any atom is -0.355 e. The standard InChI is InChI=1S/C27H25N5O3/c1-28-25(33)21-7-4-8-23(16-21)31-14-13-24(26(31)34)20-6-3-5-19(15-20)18-9-11-22(12-10-18)32-17-29-30(2)27(32)35/h3-12,15-17,24H,13-14H2,1-2H3,(H,28,33). The number of amides is 2. The van der Waals surface area contributed by atoms with Crippen LogP contribution >= 0.6 is 0 Å². The summed E-state index contributed by atoms with van der Waals surface area (Å²) in [7, 11) is 3.20. The Morgan fingerprint density at radius 3 is 2.43 bits per heavy atom. The minimum absolute atomic E-state index is 0.0301. The topological polar surface area (TPSA) is 89.2 Å². The van der Waals surface area contributed by atoms with Crippen LogP contribution in [-0.4, -0.2) is 39.8 Å². The van der Waals surface area contributed by atoms with Gasteiger partial charge in [0.05, 0.1) is 11.6 Å². The van der Waals surface area contributed by atoms with E-state index in [0.29, 0.717) is 18.5 Å². The molecule has 0 radical (unpaired) electrons. The Bertz CT molecular complexity index is 1470. The third kappa shape index (κ3) is 4.14. The molecule has 1 aliphatic rings. The van der Waals surface area contributed by atoms with Gasteiger partial charge in [-0.25, -0.2) is 14.0 Å². The zero-order chi connectivity index (χ0) is 24.5. The predicted molar refractivity (Wildman–Crippen MR) is 134 cm³/mol. The van der Waals surface area contributed by atoms with Crippen LogP contribution in [0.5, 0.6) is 0 Å². The van der Waals surface area contributed by atoms with E-state index in [1.165, 1.54) is 15.6 Å². The molecular formula is C27H25N5O3. The first-order valence-corrected chi connectivity index (χ1v) is 11.4. The normalized spacial score (nSPS) is 15.4. The summed E-state index contributed by atoms with van der Waals surface area (Å²) < 4.78 is 2.78. The van der Waals surface area contributed by atoms with E-state index in [0.717, 1.165) is 28.1 Å². The molecule has 35 heavy (non-hydrogen) atoms. The fourth-order valence-corrected chi connectivity index (χ4v) is 4.52. The van der Waals surface area contributed by atoms with E-state index in [4.69, 9.17) is 0 Å². The smallest absolute Gasteiger partial charge is 0.350 e. The quantitative estimate of drug-likeness (QED) is 0.488. The Balaban J connectivity index is 1.38. The molecule has 1 atom stereocenters. The maximum Gasteiger partial charge on any atom is 0.350 e. The average molecular weight is 468 g/mol. The molecule has 176 valence electrons.